The second-order valence-electron chi connectivity index (χ2n) is 8.06. The van der Waals surface area contributed by atoms with Crippen molar-refractivity contribution in [2.45, 2.75) is 18.7 Å². The number of anilines is 3. The first-order chi connectivity index (χ1) is 16.8. The van der Waals surface area contributed by atoms with E-state index in [1.165, 1.54) is 49.6 Å². The summed E-state index contributed by atoms with van der Waals surface area (Å²) >= 11 is 6.02. The summed E-state index contributed by atoms with van der Waals surface area (Å²) in [4.78, 5) is 12.7. The molecule has 0 saturated heterocycles. The van der Waals surface area contributed by atoms with Crippen LogP contribution in [-0.4, -0.2) is 42.7 Å². The molecule has 0 unspecified atom stereocenters. The van der Waals surface area contributed by atoms with Gasteiger partial charge in [-0.2, -0.15) is 0 Å². The van der Waals surface area contributed by atoms with E-state index in [1.807, 2.05) is 19.9 Å². The fourth-order valence-electron chi connectivity index (χ4n) is 3.31. The zero-order valence-corrected chi connectivity index (χ0v) is 22.5. The van der Waals surface area contributed by atoms with Crippen molar-refractivity contribution < 1.29 is 26.4 Å². The first kappa shape index (κ1) is 27.3. The Kier molecular flexibility index (Phi) is 8.17. The lowest BCUT2D eigenvalue weighted by atomic mass is 10.1. The van der Waals surface area contributed by atoms with E-state index in [0.29, 0.717) is 5.69 Å². The molecule has 0 aliphatic heterocycles. The second kappa shape index (κ2) is 10.8. The van der Waals surface area contributed by atoms with E-state index in [0.717, 1.165) is 21.7 Å². The molecule has 3 aromatic rings. The minimum Gasteiger partial charge on any atom is -0.495 e. The fraction of sp³-hybridized carbons (Fsp3) is 0.208. The highest BCUT2D eigenvalue weighted by atomic mass is 35.5. The number of carbonyl (C=O) groups is 1. The van der Waals surface area contributed by atoms with Crippen LogP contribution in [0, 0.1) is 13.8 Å². The molecule has 9 nitrogen and oxygen atoms in total. The monoisotopic (exact) mass is 551 g/mol. The Balaban J connectivity index is 1.75. The summed E-state index contributed by atoms with van der Waals surface area (Å²) in [6, 6.07) is 15.2. The zero-order valence-electron chi connectivity index (χ0n) is 20.1. The van der Waals surface area contributed by atoms with Gasteiger partial charge in [-0.25, -0.2) is 16.8 Å². The number of ether oxygens (including phenoxy) is 1. The summed E-state index contributed by atoms with van der Waals surface area (Å²) in [5.74, 6) is -0.422. The molecule has 1 amide bonds. The molecule has 0 atom stereocenters. The van der Waals surface area contributed by atoms with Crippen LogP contribution in [0.2, 0.25) is 5.02 Å². The standard InChI is InChI=1S/C24H26ClN3O6S2/c1-16-5-7-20(13-17(16)2)27-36(32,33)21-10-8-19(9-11-21)26-24(29)15-28(35(4,30)31)22-14-18(25)6-12-23(22)34-3/h5-14,27H,15H2,1-4H3,(H,26,29). The lowest BCUT2D eigenvalue weighted by Crippen LogP contribution is -2.37. The summed E-state index contributed by atoms with van der Waals surface area (Å²) < 4.78 is 58.9. The minimum atomic E-state index is -3.87. The number of hydrogen-bond acceptors (Lipinski definition) is 6. The number of aryl methyl sites for hydroxylation is 2. The smallest absolute Gasteiger partial charge is 0.261 e. The first-order valence-corrected chi connectivity index (χ1v) is 14.3. The first-order valence-electron chi connectivity index (χ1n) is 10.6. The molecule has 0 heterocycles. The van der Waals surface area contributed by atoms with Crippen LogP contribution in [-0.2, 0) is 24.8 Å². The molecule has 0 spiro atoms. The summed E-state index contributed by atoms with van der Waals surface area (Å²) in [5, 5.41) is 2.84. The topological polar surface area (TPSA) is 122 Å². The van der Waals surface area contributed by atoms with Gasteiger partial charge < -0.3 is 10.1 Å². The Morgan fingerprint density at radius 1 is 0.917 bits per heavy atom. The van der Waals surface area contributed by atoms with Crippen molar-refractivity contribution in [3.8, 4) is 5.75 Å². The Labute approximate surface area is 216 Å². The molecule has 3 aromatic carbocycles. The maximum absolute atomic E-state index is 12.7. The summed E-state index contributed by atoms with van der Waals surface area (Å²) in [5.41, 5.74) is 2.83. The maximum Gasteiger partial charge on any atom is 0.261 e. The van der Waals surface area contributed by atoms with Crippen molar-refractivity contribution in [1.29, 1.82) is 0 Å². The molecular weight excluding hydrogens is 526 g/mol. The van der Waals surface area contributed by atoms with E-state index in [9.17, 15) is 21.6 Å². The van der Waals surface area contributed by atoms with Crippen LogP contribution in [0.1, 0.15) is 11.1 Å². The predicted molar refractivity (Wildman–Crippen MR) is 142 cm³/mol. The Morgan fingerprint density at radius 2 is 1.56 bits per heavy atom. The molecule has 0 radical (unpaired) electrons. The van der Waals surface area contributed by atoms with Crippen LogP contribution in [0.15, 0.2) is 65.6 Å². The molecule has 36 heavy (non-hydrogen) atoms. The molecule has 3 rings (SSSR count). The highest BCUT2D eigenvalue weighted by molar-refractivity contribution is 7.92. The zero-order chi connectivity index (χ0) is 26.7. The lowest BCUT2D eigenvalue weighted by molar-refractivity contribution is -0.114. The molecule has 0 aliphatic carbocycles. The molecule has 2 N–H and O–H groups in total. The minimum absolute atomic E-state index is 0.000142. The van der Waals surface area contributed by atoms with E-state index < -0.39 is 32.5 Å². The average molecular weight is 552 g/mol. The Bertz CT molecular complexity index is 1490. The van der Waals surface area contributed by atoms with Crippen molar-refractivity contribution in [3.63, 3.8) is 0 Å². The third-order valence-corrected chi connectivity index (χ3v) is 8.06. The largest absolute Gasteiger partial charge is 0.495 e. The Hall–Kier alpha value is -3.28. The Morgan fingerprint density at radius 3 is 2.14 bits per heavy atom. The van der Waals surface area contributed by atoms with Crippen molar-refractivity contribution in [2.24, 2.45) is 0 Å². The van der Waals surface area contributed by atoms with Gasteiger partial charge in [-0.3, -0.25) is 13.8 Å². The molecule has 0 fully saturated rings. The number of rotatable bonds is 9. The van der Waals surface area contributed by atoms with Gasteiger partial charge >= 0.3 is 0 Å². The van der Waals surface area contributed by atoms with Gasteiger partial charge in [0.05, 0.1) is 23.9 Å². The van der Waals surface area contributed by atoms with Crippen molar-refractivity contribution in [3.05, 3.63) is 76.8 Å². The number of nitrogens with zero attached hydrogens (tertiary/aromatic N) is 1. The number of hydrogen-bond donors (Lipinski definition) is 2. The molecular formula is C24H26ClN3O6S2. The SMILES string of the molecule is COc1ccc(Cl)cc1N(CC(=O)Nc1ccc(S(=O)(=O)Nc2ccc(C)c(C)c2)cc1)S(C)(=O)=O. The number of amides is 1. The lowest BCUT2D eigenvalue weighted by Gasteiger charge is -2.24. The number of halogens is 1. The molecule has 0 saturated carbocycles. The molecule has 0 aromatic heterocycles. The van der Waals surface area contributed by atoms with Crippen LogP contribution >= 0.6 is 11.6 Å². The van der Waals surface area contributed by atoms with E-state index in [4.69, 9.17) is 16.3 Å². The van der Waals surface area contributed by atoms with E-state index >= 15 is 0 Å². The van der Waals surface area contributed by atoms with Gasteiger partial charge in [0.2, 0.25) is 15.9 Å². The van der Waals surface area contributed by atoms with Gasteiger partial charge in [0.1, 0.15) is 12.3 Å². The summed E-state index contributed by atoms with van der Waals surface area (Å²) in [7, 11) is -6.35. The highest BCUT2D eigenvalue weighted by Gasteiger charge is 2.24. The average Bonchev–Trinajstić information content (AvgIpc) is 2.79. The predicted octanol–water partition coefficient (Wildman–Crippen LogP) is 4.17. The number of benzene rings is 3. The van der Waals surface area contributed by atoms with Gasteiger partial charge in [-0.05, 0) is 79.6 Å². The van der Waals surface area contributed by atoms with Crippen LogP contribution in [0.4, 0.5) is 17.1 Å². The van der Waals surface area contributed by atoms with Crippen LogP contribution < -0.4 is 19.1 Å². The fourth-order valence-corrected chi connectivity index (χ4v) is 5.37. The number of methoxy groups -OCH3 is 1. The van der Waals surface area contributed by atoms with Crippen LogP contribution in [0.25, 0.3) is 0 Å². The van der Waals surface area contributed by atoms with Gasteiger partial charge in [0.25, 0.3) is 10.0 Å². The van der Waals surface area contributed by atoms with E-state index in [2.05, 4.69) is 10.0 Å². The summed E-state index contributed by atoms with van der Waals surface area (Å²) in [6.07, 6.45) is 0.961. The number of carbonyl (C=O) groups excluding carboxylic acids is 1. The highest BCUT2D eigenvalue weighted by Crippen LogP contribution is 2.32. The molecule has 0 aliphatic rings. The molecule has 0 bridgehead atoms. The quantitative estimate of drug-likeness (QED) is 0.411. The second-order valence-corrected chi connectivity index (χ2v) is 12.1. The normalized spacial score (nSPS) is 11.6. The maximum atomic E-state index is 12.7. The van der Waals surface area contributed by atoms with Crippen molar-refractivity contribution in [1.82, 2.24) is 0 Å². The number of nitrogens with one attached hydrogen (secondary N) is 2. The van der Waals surface area contributed by atoms with Crippen molar-refractivity contribution >= 4 is 54.6 Å². The summed E-state index contributed by atoms with van der Waals surface area (Å²) in [6.45, 7) is 3.27. The van der Waals surface area contributed by atoms with Gasteiger partial charge in [-0.15, -0.1) is 0 Å². The number of sulfonamides is 2. The third kappa shape index (κ3) is 6.68. The van der Waals surface area contributed by atoms with E-state index in [1.54, 1.807) is 12.1 Å². The van der Waals surface area contributed by atoms with Crippen molar-refractivity contribution in [2.75, 3.05) is 34.3 Å². The van der Waals surface area contributed by atoms with Crippen LogP contribution in [0.5, 0.6) is 5.75 Å². The van der Waals surface area contributed by atoms with Gasteiger partial charge in [-0.1, -0.05) is 17.7 Å². The van der Waals surface area contributed by atoms with Crippen LogP contribution in [0.3, 0.4) is 0 Å². The third-order valence-electron chi connectivity index (χ3n) is 5.30. The molecule has 192 valence electrons. The van der Waals surface area contributed by atoms with E-state index in [-0.39, 0.29) is 27.0 Å². The van der Waals surface area contributed by atoms with Gasteiger partial charge in [0, 0.05) is 16.4 Å². The molecule has 12 heteroatoms. The van der Waals surface area contributed by atoms with Gasteiger partial charge in [0.15, 0.2) is 0 Å².